The van der Waals surface area contributed by atoms with Crippen molar-refractivity contribution in [3.8, 4) is 0 Å². The van der Waals surface area contributed by atoms with Crippen molar-refractivity contribution in [2.24, 2.45) is 0 Å². The van der Waals surface area contributed by atoms with E-state index in [2.05, 4.69) is 13.2 Å². The number of ether oxygens (including phenoxy) is 4. The molecule has 0 aromatic heterocycles. The van der Waals surface area contributed by atoms with Gasteiger partial charge in [0.05, 0.1) is 24.9 Å². The number of rotatable bonds is 13. The van der Waals surface area contributed by atoms with Crippen LogP contribution >= 0.6 is 0 Å². The monoisotopic (exact) mass is 328 g/mol. The van der Waals surface area contributed by atoms with E-state index in [1.165, 1.54) is 0 Å². The maximum atomic E-state index is 10.9. The van der Waals surface area contributed by atoms with Gasteiger partial charge in [0.25, 0.3) is 0 Å². The first-order valence-electron chi connectivity index (χ1n) is 7.64. The van der Waals surface area contributed by atoms with Crippen LogP contribution in [-0.2, 0) is 28.5 Å². The summed E-state index contributed by atoms with van der Waals surface area (Å²) in [5.41, 5.74) is -0.379. The Hall–Kier alpha value is -1.66. The van der Waals surface area contributed by atoms with E-state index in [1.54, 1.807) is 0 Å². The summed E-state index contributed by atoms with van der Waals surface area (Å²) in [6, 6.07) is 0. The molecular weight excluding hydrogens is 300 g/mol. The maximum absolute atomic E-state index is 10.9. The van der Waals surface area contributed by atoms with Crippen molar-refractivity contribution in [2.45, 2.75) is 45.3 Å². The Morgan fingerprint density at radius 2 is 1.57 bits per heavy atom. The van der Waals surface area contributed by atoms with Gasteiger partial charge < -0.3 is 18.9 Å². The number of hydrogen-bond acceptors (Lipinski definition) is 6. The predicted molar refractivity (Wildman–Crippen MR) is 87.0 cm³/mol. The third-order valence-electron chi connectivity index (χ3n) is 3.03. The SMILES string of the molecule is C=CC(=O)OCCOC(C)(C)CCOC(C)CCOC(=O)C=C. The minimum absolute atomic E-state index is 0.0167. The molecule has 6 nitrogen and oxygen atoms in total. The number of carbonyl (C=O) groups excluding carboxylic acids is 2. The highest BCUT2D eigenvalue weighted by Gasteiger charge is 2.19. The smallest absolute Gasteiger partial charge is 0.330 e. The standard InChI is InChI=1S/C17H28O6/c1-6-15(18)21-10-8-14(3)20-11-9-17(4,5)23-13-12-22-16(19)7-2/h6-7,14H,1-2,8-13H2,3-5H3. The van der Waals surface area contributed by atoms with E-state index in [-0.39, 0.29) is 18.3 Å². The zero-order chi connectivity index (χ0) is 17.7. The van der Waals surface area contributed by atoms with Crippen LogP contribution in [-0.4, -0.2) is 50.1 Å². The molecule has 0 spiro atoms. The summed E-state index contributed by atoms with van der Waals surface area (Å²) in [6.07, 6.45) is 3.55. The van der Waals surface area contributed by atoms with Crippen LogP contribution in [0.3, 0.4) is 0 Å². The van der Waals surface area contributed by atoms with Crippen molar-refractivity contribution < 1.29 is 28.5 Å². The van der Waals surface area contributed by atoms with Gasteiger partial charge in [0.1, 0.15) is 6.61 Å². The lowest BCUT2D eigenvalue weighted by Crippen LogP contribution is -2.29. The van der Waals surface area contributed by atoms with E-state index in [0.717, 1.165) is 12.2 Å². The topological polar surface area (TPSA) is 71.1 Å². The number of esters is 2. The quantitative estimate of drug-likeness (QED) is 0.294. The third kappa shape index (κ3) is 12.6. The van der Waals surface area contributed by atoms with Crippen LogP contribution in [0.15, 0.2) is 25.3 Å². The van der Waals surface area contributed by atoms with Gasteiger partial charge in [-0.25, -0.2) is 9.59 Å². The second-order valence-corrected chi connectivity index (χ2v) is 5.57. The molecule has 0 bridgehead atoms. The Morgan fingerprint density at radius 1 is 1.00 bits per heavy atom. The van der Waals surface area contributed by atoms with Crippen LogP contribution < -0.4 is 0 Å². The van der Waals surface area contributed by atoms with Gasteiger partial charge in [0, 0.05) is 25.2 Å². The molecule has 0 saturated carbocycles. The molecular formula is C17H28O6. The molecule has 0 aromatic carbocycles. The van der Waals surface area contributed by atoms with E-state index in [1.807, 2.05) is 20.8 Å². The van der Waals surface area contributed by atoms with Crippen molar-refractivity contribution in [1.29, 1.82) is 0 Å². The van der Waals surface area contributed by atoms with Gasteiger partial charge >= 0.3 is 11.9 Å². The number of carbonyl (C=O) groups is 2. The highest BCUT2D eigenvalue weighted by molar-refractivity contribution is 5.81. The second-order valence-electron chi connectivity index (χ2n) is 5.57. The largest absolute Gasteiger partial charge is 0.462 e. The van der Waals surface area contributed by atoms with E-state index in [9.17, 15) is 9.59 Å². The zero-order valence-electron chi connectivity index (χ0n) is 14.3. The fourth-order valence-electron chi connectivity index (χ4n) is 1.56. The molecule has 0 aliphatic rings. The molecule has 0 rings (SSSR count). The van der Waals surface area contributed by atoms with E-state index in [4.69, 9.17) is 18.9 Å². The lowest BCUT2D eigenvalue weighted by Gasteiger charge is -2.26. The van der Waals surface area contributed by atoms with Crippen molar-refractivity contribution in [3.05, 3.63) is 25.3 Å². The number of hydrogen-bond donors (Lipinski definition) is 0. The molecule has 132 valence electrons. The molecule has 0 aromatic rings. The van der Waals surface area contributed by atoms with Crippen molar-refractivity contribution in [2.75, 3.05) is 26.4 Å². The summed E-state index contributed by atoms with van der Waals surface area (Å²) in [4.78, 5) is 21.8. The molecule has 0 amide bonds. The summed E-state index contributed by atoms with van der Waals surface area (Å²) in [6.45, 7) is 13.8. The molecule has 0 aliphatic heterocycles. The lowest BCUT2D eigenvalue weighted by molar-refractivity contribution is -0.142. The van der Waals surface area contributed by atoms with Crippen molar-refractivity contribution in [1.82, 2.24) is 0 Å². The summed E-state index contributed by atoms with van der Waals surface area (Å²) in [7, 11) is 0. The normalized spacial score (nSPS) is 12.3. The average Bonchev–Trinajstić information content (AvgIpc) is 2.50. The van der Waals surface area contributed by atoms with Crippen LogP contribution in [0, 0.1) is 0 Å². The molecule has 0 radical (unpaired) electrons. The molecule has 6 heteroatoms. The van der Waals surface area contributed by atoms with Gasteiger partial charge in [-0.3, -0.25) is 0 Å². The van der Waals surface area contributed by atoms with Gasteiger partial charge in [-0.15, -0.1) is 0 Å². The molecule has 0 heterocycles. The lowest BCUT2D eigenvalue weighted by atomic mass is 10.1. The molecule has 0 saturated heterocycles. The fourth-order valence-corrected chi connectivity index (χ4v) is 1.56. The van der Waals surface area contributed by atoms with Gasteiger partial charge in [0.2, 0.25) is 0 Å². The first kappa shape index (κ1) is 21.3. The summed E-state index contributed by atoms with van der Waals surface area (Å²) >= 11 is 0. The minimum atomic E-state index is -0.458. The van der Waals surface area contributed by atoms with Crippen LogP contribution in [0.4, 0.5) is 0 Å². The van der Waals surface area contributed by atoms with Gasteiger partial charge in [-0.1, -0.05) is 13.2 Å². The molecule has 0 aliphatic carbocycles. The minimum Gasteiger partial charge on any atom is -0.462 e. The van der Waals surface area contributed by atoms with Crippen molar-refractivity contribution >= 4 is 11.9 Å². The summed E-state index contributed by atoms with van der Waals surface area (Å²) in [5.74, 6) is -0.885. The van der Waals surface area contributed by atoms with Gasteiger partial charge in [0.15, 0.2) is 0 Å². The maximum Gasteiger partial charge on any atom is 0.330 e. The van der Waals surface area contributed by atoms with Crippen LogP contribution in [0.2, 0.25) is 0 Å². The first-order chi connectivity index (χ1) is 10.8. The average molecular weight is 328 g/mol. The highest BCUT2D eigenvalue weighted by Crippen LogP contribution is 2.15. The third-order valence-corrected chi connectivity index (χ3v) is 3.03. The Labute approximate surface area is 138 Å². The molecule has 23 heavy (non-hydrogen) atoms. The first-order valence-corrected chi connectivity index (χ1v) is 7.64. The van der Waals surface area contributed by atoms with Crippen LogP contribution in [0.1, 0.15) is 33.6 Å². The molecule has 0 N–H and O–H groups in total. The van der Waals surface area contributed by atoms with Crippen LogP contribution in [0.25, 0.3) is 0 Å². The molecule has 0 fully saturated rings. The zero-order valence-corrected chi connectivity index (χ0v) is 14.3. The van der Waals surface area contributed by atoms with Gasteiger partial charge in [-0.2, -0.15) is 0 Å². The molecule has 1 atom stereocenters. The second kappa shape index (κ2) is 11.8. The Bertz CT molecular complexity index is 389. The Morgan fingerprint density at radius 3 is 2.13 bits per heavy atom. The van der Waals surface area contributed by atoms with E-state index in [0.29, 0.717) is 32.7 Å². The van der Waals surface area contributed by atoms with E-state index < -0.39 is 11.9 Å². The Balaban J connectivity index is 3.74. The fraction of sp³-hybridized carbons (Fsp3) is 0.647. The van der Waals surface area contributed by atoms with E-state index >= 15 is 0 Å². The van der Waals surface area contributed by atoms with Crippen LogP contribution in [0.5, 0.6) is 0 Å². The van der Waals surface area contributed by atoms with Crippen molar-refractivity contribution in [3.63, 3.8) is 0 Å². The van der Waals surface area contributed by atoms with Gasteiger partial charge in [-0.05, 0) is 27.2 Å². The summed E-state index contributed by atoms with van der Waals surface area (Å²) in [5, 5.41) is 0. The molecule has 1 unspecified atom stereocenters. The highest BCUT2D eigenvalue weighted by atomic mass is 16.6. The Kier molecular flexibility index (Phi) is 11.0. The predicted octanol–water partition coefficient (Wildman–Crippen LogP) is 2.43. The summed E-state index contributed by atoms with van der Waals surface area (Å²) < 4.78 is 21.1.